The third-order valence-electron chi connectivity index (χ3n) is 2.09. The Labute approximate surface area is 121 Å². The van der Waals surface area contributed by atoms with E-state index in [1.54, 1.807) is 12.1 Å². The van der Waals surface area contributed by atoms with Crippen LogP contribution < -0.4 is 10.1 Å². The van der Waals surface area contributed by atoms with Crippen LogP contribution >= 0.6 is 0 Å². The first kappa shape index (κ1) is 18.4. The summed E-state index contributed by atoms with van der Waals surface area (Å²) in [6, 6.07) is 7.05. The zero-order chi connectivity index (χ0) is 15.5. The zero-order valence-corrected chi connectivity index (χ0v) is 12.6. The minimum atomic E-state index is -1.91. The van der Waals surface area contributed by atoms with E-state index in [9.17, 15) is 13.8 Å². The summed E-state index contributed by atoms with van der Waals surface area (Å²) in [5.41, 5.74) is 1.10. The van der Waals surface area contributed by atoms with Gasteiger partial charge in [-0.3, -0.25) is 0 Å². The van der Waals surface area contributed by atoms with Crippen molar-refractivity contribution in [3.05, 3.63) is 29.8 Å². The summed E-state index contributed by atoms with van der Waals surface area (Å²) >= 11 is -1.91. The van der Waals surface area contributed by atoms with Crippen LogP contribution in [0.3, 0.4) is 0 Å². The SMILES string of the molecule is CC(=O)CCC(C)=O.Cc1ccc(OS(=O)ON)cc1. The maximum absolute atomic E-state index is 10.6. The van der Waals surface area contributed by atoms with E-state index in [1.807, 2.05) is 19.1 Å². The molecular formula is C13H19NO5S. The van der Waals surface area contributed by atoms with Crippen molar-refractivity contribution in [2.24, 2.45) is 5.90 Å². The first-order valence-corrected chi connectivity index (χ1v) is 6.88. The molecule has 20 heavy (non-hydrogen) atoms. The molecule has 1 aromatic carbocycles. The van der Waals surface area contributed by atoms with Gasteiger partial charge in [0.1, 0.15) is 17.3 Å². The summed E-state index contributed by atoms with van der Waals surface area (Å²) in [6.45, 7) is 4.92. The van der Waals surface area contributed by atoms with Gasteiger partial charge in [0.25, 0.3) is 0 Å². The molecule has 0 aliphatic carbocycles. The van der Waals surface area contributed by atoms with Gasteiger partial charge in [0.05, 0.1) is 0 Å². The van der Waals surface area contributed by atoms with Gasteiger partial charge in [-0.2, -0.15) is 14.4 Å². The van der Waals surface area contributed by atoms with Gasteiger partial charge in [0.15, 0.2) is 0 Å². The van der Waals surface area contributed by atoms with Gasteiger partial charge >= 0.3 is 11.4 Å². The molecule has 6 nitrogen and oxygen atoms in total. The molecule has 0 aromatic heterocycles. The van der Waals surface area contributed by atoms with Gasteiger partial charge in [0.2, 0.25) is 0 Å². The number of aryl methyl sites for hydroxylation is 1. The minimum Gasteiger partial charge on any atom is -0.379 e. The zero-order valence-electron chi connectivity index (χ0n) is 11.8. The second-order valence-corrected chi connectivity index (χ2v) is 4.87. The summed E-state index contributed by atoms with van der Waals surface area (Å²) in [7, 11) is 0. The lowest BCUT2D eigenvalue weighted by atomic mass is 10.2. The number of Topliss-reactive ketones (excluding diaryl/α,β-unsaturated/α-hetero) is 2. The van der Waals surface area contributed by atoms with Crippen LogP contribution in [-0.2, 0) is 25.2 Å². The van der Waals surface area contributed by atoms with E-state index < -0.39 is 11.4 Å². The average molecular weight is 301 g/mol. The van der Waals surface area contributed by atoms with Crippen molar-refractivity contribution in [1.82, 2.24) is 0 Å². The van der Waals surface area contributed by atoms with Crippen LogP contribution in [0, 0.1) is 6.92 Å². The predicted octanol–water partition coefficient (Wildman–Crippen LogP) is 1.79. The Bertz CT molecular complexity index is 444. The van der Waals surface area contributed by atoms with Crippen molar-refractivity contribution in [1.29, 1.82) is 0 Å². The molecule has 0 radical (unpaired) electrons. The summed E-state index contributed by atoms with van der Waals surface area (Å²) < 4.78 is 19.3. The van der Waals surface area contributed by atoms with Gasteiger partial charge in [-0.1, -0.05) is 17.7 Å². The van der Waals surface area contributed by atoms with E-state index in [-0.39, 0.29) is 11.6 Å². The third kappa shape index (κ3) is 10.4. The number of rotatable bonds is 6. The van der Waals surface area contributed by atoms with E-state index in [0.29, 0.717) is 18.6 Å². The molecule has 0 aliphatic heterocycles. The van der Waals surface area contributed by atoms with Crippen molar-refractivity contribution in [2.75, 3.05) is 0 Å². The number of hydrogen-bond donors (Lipinski definition) is 1. The fourth-order valence-corrected chi connectivity index (χ4v) is 1.35. The lowest BCUT2D eigenvalue weighted by molar-refractivity contribution is -0.122. The predicted molar refractivity (Wildman–Crippen MR) is 75.8 cm³/mol. The second-order valence-electron chi connectivity index (χ2n) is 4.10. The van der Waals surface area contributed by atoms with Crippen LogP contribution in [-0.4, -0.2) is 15.8 Å². The highest BCUT2D eigenvalue weighted by atomic mass is 32.2. The molecule has 0 aliphatic rings. The van der Waals surface area contributed by atoms with Crippen molar-refractivity contribution in [3.63, 3.8) is 0 Å². The summed E-state index contributed by atoms with van der Waals surface area (Å²) in [6.07, 6.45) is 0.796. The first-order chi connectivity index (χ1) is 9.35. The number of carbonyl (C=O) groups is 2. The van der Waals surface area contributed by atoms with Crippen LogP contribution in [0.15, 0.2) is 24.3 Å². The molecule has 1 aromatic rings. The fourth-order valence-electron chi connectivity index (χ4n) is 1.04. The number of nitrogens with two attached hydrogens (primary N) is 1. The van der Waals surface area contributed by atoms with Crippen LogP contribution in [0.25, 0.3) is 0 Å². The molecule has 0 spiro atoms. The van der Waals surface area contributed by atoms with Crippen LogP contribution in [0.5, 0.6) is 5.75 Å². The van der Waals surface area contributed by atoms with Crippen molar-refractivity contribution in [2.45, 2.75) is 33.6 Å². The summed E-state index contributed by atoms with van der Waals surface area (Å²) in [5.74, 6) is 5.25. The molecule has 0 saturated carbocycles. The maximum Gasteiger partial charge on any atom is 0.377 e. The van der Waals surface area contributed by atoms with E-state index in [2.05, 4.69) is 10.2 Å². The molecule has 0 bridgehead atoms. The van der Waals surface area contributed by atoms with E-state index in [1.165, 1.54) is 13.8 Å². The molecule has 0 heterocycles. The van der Waals surface area contributed by atoms with Crippen LogP contribution in [0.2, 0.25) is 0 Å². The Balaban J connectivity index is 0.000000396. The normalized spacial score (nSPS) is 11.0. The number of ketones is 2. The minimum absolute atomic E-state index is 0.0835. The molecule has 1 atom stereocenters. The maximum atomic E-state index is 10.6. The highest BCUT2D eigenvalue weighted by Crippen LogP contribution is 2.12. The smallest absolute Gasteiger partial charge is 0.377 e. The Hall–Kier alpha value is -1.57. The number of hydrogen-bond acceptors (Lipinski definition) is 6. The van der Waals surface area contributed by atoms with Gasteiger partial charge in [0, 0.05) is 12.8 Å². The van der Waals surface area contributed by atoms with E-state index in [4.69, 9.17) is 4.18 Å². The molecule has 1 unspecified atom stereocenters. The largest absolute Gasteiger partial charge is 0.379 e. The van der Waals surface area contributed by atoms with Gasteiger partial charge in [-0.15, -0.1) is 0 Å². The van der Waals surface area contributed by atoms with Gasteiger partial charge in [-0.25, -0.2) is 0 Å². The Kier molecular flexibility index (Phi) is 9.44. The molecule has 0 amide bonds. The topological polar surface area (TPSA) is 95.7 Å². The Morgan fingerprint density at radius 3 is 1.90 bits per heavy atom. The Morgan fingerprint density at radius 2 is 1.55 bits per heavy atom. The van der Waals surface area contributed by atoms with Crippen LogP contribution in [0.1, 0.15) is 32.3 Å². The third-order valence-corrected chi connectivity index (χ3v) is 2.58. The monoisotopic (exact) mass is 301 g/mol. The lowest BCUT2D eigenvalue weighted by Crippen LogP contribution is -2.09. The quantitative estimate of drug-likeness (QED) is 0.805. The Morgan fingerprint density at radius 1 is 1.10 bits per heavy atom. The molecule has 1 rings (SSSR count). The molecule has 112 valence electrons. The summed E-state index contributed by atoms with van der Waals surface area (Å²) in [4.78, 5) is 20.4. The first-order valence-electron chi connectivity index (χ1n) is 5.88. The highest BCUT2D eigenvalue weighted by molar-refractivity contribution is 7.75. The molecule has 2 N–H and O–H groups in total. The van der Waals surface area contributed by atoms with Crippen LogP contribution in [0.4, 0.5) is 0 Å². The number of carbonyl (C=O) groups excluding carboxylic acids is 2. The van der Waals surface area contributed by atoms with Gasteiger partial charge in [-0.05, 0) is 32.9 Å². The average Bonchev–Trinajstić information content (AvgIpc) is 2.39. The molecule has 0 saturated heterocycles. The highest BCUT2D eigenvalue weighted by Gasteiger charge is 1.99. The standard InChI is InChI=1S/C7H9NO3S.C6H10O2/c1-6-2-4-7(5-3-6)10-12(9)11-8;1-5(7)3-4-6(2)8/h2-5H,8H2,1H3;3-4H2,1-2H3. The molecule has 7 heteroatoms. The molecule has 0 fully saturated rings. The van der Waals surface area contributed by atoms with E-state index >= 15 is 0 Å². The van der Waals surface area contributed by atoms with E-state index in [0.717, 1.165) is 5.56 Å². The number of benzene rings is 1. The fraction of sp³-hybridized carbons (Fsp3) is 0.385. The van der Waals surface area contributed by atoms with Crippen molar-refractivity contribution in [3.8, 4) is 5.75 Å². The summed E-state index contributed by atoms with van der Waals surface area (Å²) in [5, 5.41) is 0. The second kappa shape index (κ2) is 10.2. The lowest BCUT2D eigenvalue weighted by Gasteiger charge is -2.00. The molecular weight excluding hydrogens is 282 g/mol. The van der Waals surface area contributed by atoms with Crippen molar-refractivity contribution < 1.29 is 22.3 Å². The van der Waals surface area contributed by atoms with Crippen molar-refractivity contribution >= 4 is 22.9 Å². The van der Waals surface area contributed by atoms with Gasteiger partial charge < -0.3 is 13.8 Å².